The Hall–Kier alpha value is -2.01. The number of hydrogen-bond acceptors (Lipinski definition) is 4. The number of sulfonamides is 1. The van der Waals surface area contributed by atoms with Crippen molar-refractivity contribution in [1.29, 1.82) is 0 Å². The molecule has 1 atom stereocenters. The van der Waals surface area contributed by atoms with E-state index in [0.717, 1.165) is 24.5 Å². The minimum atomic E-state index is -4.76. The van der Waals surface area contributed by atoms with Crippen LogP contribution in [-0.4, -0.2) is 62.8 Å². The Morgan fingerprint density at radius 3 is 2.43 bits per heavy atom. The predicted molar refractivity (Wildman–Crippen MR) is 136 cm³/mol. The van der Waals surface area contributed by atoms with Gasteiger partial charge in [0, 0.05) is 50.3 Å². The Balaban J connectivity index is 1.69. The molecule has 0 spiro atoms. The van der Waals surface area contributed by atoms with Gasteiger partial charge in [0.1, 0.15) is 5.82 Å². The van der Waals surface area contributed by atoms with Gasteiger partial charge < -0.3 is 4.74 Å². The number of ether oxygens (including phenoxy) is 1. The highest BCUT2D eigenvalue weighted by Gasteiger charge is 2.35. The minimum absolute atomic E-state index is 0.00400. The van der Waals surface area contributed by atoms with E-state index in [0.29, 0.717) is 39.2 Å². The molecule has 206 valence electrons. The summed E-state index contributed by atoms with van der Waals surface area (Å²) < 4.78 is 85.7. The summed E-state index contributed by atoms with van der Waals surface area (Å²) in [5.41, 5.74) is -0.526. The number of rotatable bonds is 11. The molecule has 1 unspecified atom stereocenters. The maximum absolute atomic E-state index is 14.8. The summed E-state index contributed by atoms with van der Waals surface area (Å²) in [5.74, 6) is -1.24. The van der Waals surface area contributed by atoms with Crippen LogP contribution in [0.2, 0.25) is 0 Å². The minimum Gasteiger partial charge on any atom is -0.377 e. The van der Waals surface area contributed by atoms with Gasteiger partial charge in [0.05, 0.1) is 17.9 Å². The summed E-state index contributed by atoms with van der Waals surface area (Å²) in [6, 6.07) is 13.2. The molecule has 0 radical (unpaired) electrons. The molecule has 10 heteroatoms. The fourth-order valence-corrected chi connectivity index (χ4v) is 5.69. The number of alkyl halides is 3. The van der Waals surface area contributed by atoms with Crippen LogP contribution in [0.4, 0.5) is 17.6 Å². The van der Waals surface area contributed by atoms with Crippen molar-refractivity contribution >= 4 is 10.0 Å². The molecule has 0 aliphatic carbocycles. The number of hydrogen-bond donors (Lipinski definition) is 0. The van der Waals surface area contributed by atoms with E-state index in [9.17, 15) is 26.0 Å². The molecule has 1 fully saturated rings. The Morgan fingerprint density at radius 2 is 1.78 bits per heavy atom. The lowest BCUT2D eigenvalue weighted by atomic mass is 9.84. The first kappa shape index (κ1) is 29.5. The van der Waals surface area contributed by atoms with Gasteiger partial charge in [0.15, 0.2) is 0 Å². The van der Waals surface area contributed by atoms with Crippen molar-refractivity contribution in [3.8, 4) is 0 Å². The van der Waals surface area contributed by atoms with Gasteiger partial charge in [-0.15, -0.1) is 0 Å². The highest BCUT2D eigenvalue weighted by molar-refractivity contribution is 7.88. The lowest BCUT2D eigenvalue weighted by Gasteiger charge is -2.34. The molecule has 0 bridgehead atoms. The summed E-state index contributed by atoms with van der Waals surface area (Å²) in [6.45, 7) is 6.29. The van der Waals surface area contributed by atoms with Crippen LogP contribution in [0.15, 0.2) is 48.5 Å². The first-order valence-corrected chi connectivity index (χ1v) is 14.3. The standard InChI is InChI=1S/C27H36F4N2O3S/c1-26(2,22-11-5-4-6-12-22)20-32(18-21-10-7-14-24(25(21)28)27(29,30)31)15-9-17-36-23-13-8-16-33(19-23)37(3,34)35/h4-7,10-12,14,23H,8-9,13,15-20H2,1-3H3. The van der Waals surface area contributed by atoms with Crippen molar-refractivity contribution in [2.24, 2.45) is 0 Å². The van der Waals surface area contributed by atoms with Gasteiger partial charge in [0.2, 0.25) is 10.0 Å². The molecule has 0 aromatic heterocycles. The van der Waals surface area contributed by atoms with Gasteiger partial charge in [-0.1, -0.05) is 56.3 Å². The zero-order valence-corrected chi connectivity index (χ0v) is 22.4. The average Bonchev–Trinajstić information content (AvgIpc) is 2.82. The molecule has 5 nitrogen and oxygen atoms in total. The molecule has 37 heavy (non-hydrogen) atoms. The summed E-state index contributed by atoms with van der Waals surface area (Å²) in [4.78, 5) is 1.96. The Labute approximate surface area is 217 Å². The number of benzene rings is 2. The van der Waals surface area contributed by atoms with Gasteiger partial charge in [-0.3, -0.25) is 4.90 Å². The smallest absolute Gasteiger partial charge is 0.377 e. The second-order valence-corrected chi connectivity index (χ2v) is 12.3. The van der Waals surface area contributed by atoms with Crippen LogP contribution >= 0.6 is 0 Å². The van der Waals surface area contributed by atoms with E-state index in [-0.39, 0.29) is 23.6 Å². The predicted octanol–water partition coefficient (Wildman–Crippen LogP) is 5.46. The normalized spacial score (nSPS) is 17.9. The molecule has 2 aromatic rings. The van der Waals surface area contributed by atoms with E-state index in [1.807, 2.05) is 35.2 Å². The van der Waals surface area contributed by atoms with Gasteiger partial charge in [-0.05, 0) is 30.9 Å². The maximum atomic E-state index is 14.8. The third-order valence-electron chi connectivity index (χ3n) is 6.73. The zero-order valence-electron chi connectivity index (χ0n) is 21.6. The van der Waals surface area contributed by atoms with Crippen LogP contribution in [0.25, 0.3) is 0 Å². The summed E-state index contributed by atoms with van der Waals surface area (Å²) in [7, 11) is -3.27. The number of halogens is 4. The second-order valence-electron chi connectivity index (χ2n) is 10.3. The van der Waals surface area contributed by atoms with Crippen LogP contribution in [0.3, 0.4) is 0 Å². The monoisotopic (exact) mass is 544 g/mol. The molecule has 0 amide bonds. The Morgan fingerprint density at radius 1 is 1.08 bits per heavy atom. The highest BCUT2D eigenvalue weighted by atomic mass is 32.2. The molecule has 1 aliphatic rings. The van der Waals surface area contributed by atoms with Crippen LogP contribution < -0.4 is 0 Å². The van der Waals surface area contributed by atoms with Gasteiger partial charge in [-0.2, -0.15) is 17.5 Å². The van der Waals surface area contributed by atoms with Crippen LogP contribution in [0.5, 0.6) is 0 Å². The van der Waals surface area contributed by atoms with Crippen molar-refractivity contribution < 1.29 is 30.7 Å². The lowest BCUT2D eigenvalue weighted by Crippen LogP contribution is -2.43. The topological polar surface area (TPSA) is 49.9 Å². The molecule has 0 N–H and O–H groups in total. The van der Waals surface area contributed by atoms with Crippen LogP contribution in [0.1, 0.15) is 49.8 Å². The molecule has 1 saturated heterocycles. The van der Waals surface area contributed by atoms with E-state index in [4.69, 9.17) is 4.74 Å². The Bertz CT molecular complexity index is 1120. The largest absolute Gasteiger partial charge is 0.419 e. The first-order valence-electron chi connectivity index (χ1n) is 12.5. The summed E-state index contributed by atoms with van der Waals surface area (Å²) in [6.07, 6.45) is -1.70. The maximum Gasteiger partial charge on any atom is 0.419 e. The van der Waals surface area contributed by atoms with Crippen molar-refractivity contribution in [2.75, 3.05) is 39.0 Å². The molecule has 0 saturated carbocycles. The summed E-state index contributed by atoms with van der Waals surface area (Å²) >= 11 is 0. The molecule has 3 rings (SSSR count). The second kappa shape index (κ2) is 12.2. The van der Waals surface area contributed by atoms with Crippen molar-refractivity contribution in [2.45, 2.75) is 57.3 Å². The van der Waals surface area contributed by atoms with E-state index >= 15 is 0 Å². The molecule has 1 heterocycles. The van der Waals surface area contributed by atoms with Gasteiger partial charge in [0.25, 0.3) is 0 Å². The molecule has 2 aromatic carbocycles. The van der Waals surface area contributed by atoms with Crippen molar-refractivity contribution in [3.63, 3.8) is 0 Å². The molecular formula is C27H36F4N2O3S. The third kappa shape index (κ3) is 8.49. The van der Waals surface area contributed by atoms with Crippen LogP contribution in [-0.2, 0) is 32.9 Å². The molecular weight excluding hydrogens is 508 g/mol. The quantitative estimate of drug-likeness (QED) is 0.279. The fourth-order valence-electron chi connectivity index (χ4n) is 4.80. The van der Waals surface area contributed by atoms with E-state index in [1.165, 1.54) is 22.7 Å². The van der Waals surface area contributed by atoms with Gasteiger partial charge in [-0.25, -0.2) is 12.8 Å². The highest BCUT2D eigenvalue weighted by Crippen LogP contribution is 2.33. The third-order valence-corrected chi connectivity index (χ3v) is 8.00. The zero-order chi connectivity index (χ0) is 27.3. The number of piperidine rings is 1. The Kier molecular flexibility index (Phi) is 9.77. The number of nitrogens with zero attached hydrogens (tertiary/aromatic N) is 2. The summed E-state index contributed by atoms with van der Waals surface area (Å²) in [5, 5.41) is 0. The van der Waals surface area contributed by atoms with Crippen LogP contribution in [0, 0.1) is 5.82 Å². The van der Waals surface area contributed by atoms with Gasteiger partial charge >= 0.3 is 6.18 Å². The van der Waals surface area contributed by atoms with Crippen molar-refractivity contribution in [1.82, 2.24) is 9.21 Å². The van der Waals surface area contributed by atoms with E-state index < -0.39 is 27.6 Å². The lowest BCUT2D eigenvalue weighted by molar-refractivity contribution is -0.140. The van der Waals surface area contributed by atoms with E-state index in [2.05, 4.69) is 13.8 Å². The average molecular weight is 545 g/mol. The molecule has 1 aliphatic heterocycles. The van der Waals surface area contributed by atoms with E-state index in [1.54, 1.807) is 0 Å². The fraction of sp³-hybridized carbons (Fsp3) is 0.556. The SMILES string of the molecule is CC(C)(CN(CCCOC1CCCN(S(C)(=O)=O)C1)Cc1cccc(C(F)(F)F)c1F)c1ccccc1. The van der Waals surface area contributed by atoms with Crippen molar-refractivity contribution in [3.05, 3.63) is 71.0 Å². The first-order chi connectivity index (χ1) is 17.3.